The molecule has 0 spiro atoms. The van der Waals surface area contributed by atoms with E-state index < -0.39 is 0 Å². The molecule has 1 aromatic rings. The van der Waals surface area contributed by atoms with Crippen molar-refractivity contribution in [3.8, 4) is 0 Å². The molecule has 0 saturated carbocycles. The molecular weight excluding hydrogens is 262 g/mol. The van der Waals surface area contributed by atoms with E-state index >= 15 is 0 Å². The molecule has 1 fully saturated rings. The molecule has 102 valence electrons. The first-order valence-electron chi connectivity index (χ1n) is 6.23. The summed E-state index contributed by atoms with van der Waals surface area (Å²) in [7, 11) is 0. The summed E-state index contributed by atoms with van der Waals surface area (Å²) in [5.41, 5.74) is 0. The van der Waals surface area contributed by atoms with Gasteiger partial charge in [-0.25, -0.2) is 0 Å². The zero-order chi connectivity index (χ0) is 13.5. The van der Waals surface area contributed by atoms with Crippen molar-refractivity contribution >= 4 is 29.2 Å². The van der Waals surface area contributed by atoms with E-state index in [0.29, 0.717) is 13.1 Å². The van der Waals surface area contributed by atoms with E-state index in [4.69, 9.17) is 0 Å². The van der Waals surface area contributed by atoms with Gasteiger partial charge < -0.3 is 15.5 Å². The summed E-state index contributed by atoms with van der Waals surface area (Å²) in [6.45, 7) is 3.11. The normalized spacial score (nSPS) is 15.7. The molecule has 0 atom stereocenters. The first kappa shape index (κ1) is 13.8. The Morgan fingerprint density at radius 2 is 2.21 bits per heavy atom. The largest absolute Gasteiger partial charge is 0.343 e. The van der Waals surface area contributed by atoms with Gasteiger partial charge in [-0.05, 0) is 17.5 Å². The Labute approximate surface area is 116 Å². The molecule has 2 heterocycles. The minimum Gasteiger partial charge on any atom is -0.343 e. The zero-order valence-electron chi connectivity index (χ0n) is 10.6. The molecule has 1 saturated heterocycles. The lowest BCUT2D eigenvalue weighted by Gasteiger charge is -2.27. The minimum absolute atomic E-state index is 0.0284. The fourth-order valence-electron chi connectivity index (χ4n) is 1.79. The molecule has 2 N–H and O–H groups in total. The average molecular weight is 279 g/mol. The summed E-state index contributed by atoms with van der Waals surface area (Å²) < 4.78 is 0. The van der Waals surface area contributed by atoms with Crippen LogP contribution in [0.2, 0.25) is 0 Å². The van der Waals surface area contributed by atoms with Crippen molar-refractivity contribution in [2.75, 3.05) is 32.7 Å². The third kappa shape index (κ3) is 4.50. The standard InChI is InChI=1S/C13H17N3O2S/c17-12(4-3-11-2-1-9-19-11)15-10-13(18)16-7-5-14-6-8-16/h1-4,9,14H,5-8,10H2,(H,15,17)/b4-3+. The van der Waals surface area contributed by atoms with Gasteiger partial charge in [-0.2, -0.15) is 0 Å². The molecule has 1 aliphatic rings. The number of hydrogen-bond acceptors (Lipinski definition) is 4. The first-order chi connectivity index (χ1) is 9.25. The molecule has 2 rings (SSSR count). The van der Waals surface area contributed by atoms with Gasteiger partial charge in [0, 0.05) is 37.1 Å². The number of piperazine rings is 1. The number of amides is 2. The maximum absolute atomic E-state index is 11.8. The van der Waals surface area contributed by atoms with Crippen molar-refractivity contribution in [2.24, 2.45) is 0 Å². The highest BCUT2D eigenvalue weighted by Gasteiger charge is 2.15. The molecule has 0 aliphatic carbocycles. The molecular formula is C13H17N3O2S. The molecule has 2 amide bonds. The molecule has 1 aromatic heterocycles. The Bertz CT molecular complexity index is 450. The van der Waals surface area contributed by atoms with Crippen molar-refractivity contribution in [3.05, 3.63) is 28.5 Å². The predicted octanol–water partition coefficient (Wildman–Crippen LogP) is 0.309. The van der Waals surface area contributed by atoms with E-state index in [-0.39, 0.29) is 18.4 Å². The summed E-state index contributed by atoms with van der Waals surface area (Å²) in [5, 5.41) is 7.74. The molecule has 0 unspecified atom stereocenters. The number of carbonyl (C=O) groups is 2. The lowest BCUT2D eigenvalue weighted by Crippen LogP contribution is -2.49. The van der Waals surface area contributed by atoms with Crippen molar-refractivity contribution in [3.63, 3.8) is 0 Å². The third-order valence-electron chi connectivity index (χ3n) is 2.83. The van der Waals surface area contributed by atoms with Crippen LogP contribution >= 0.6 is 11.3 Å². The highest BCUT2D eigenvalue weighted by atomic mass is 32.1. The number of nitrogens with one attached hydrogen (secondary N) is 2. The van der Waals surface area contributed by atoms with Crippen molar-refractivity contribution in [1.29, 1.82) is 0 Å². The minimum atomic E-state index is -0.239. The van der Waals surface area contributed by atoms with Crippen LogP contribution in [0.3, 0.4) is 0 Å². The quantitative estimate of drug-likeness (QED) is 0.780. The van der Waals surface area contributed by atoms with Crippen molar-refractivity contribution in [2.45, 2.75) is 0 Å². The van der Waals surface area contributed by atoms with Crippen LogP contribution in [0, 0.1) is 0 Å². The van der Waals surface area contributed by atoms with Gasteiger partial charge in [0.25, 0.3) is 0 Å². The van der Waals surface area contributed by atoms with E-state index in [0.717, 1.165) is 18.0 Å². The van der Waals surface area contributed by atoms with Gasteiger partial charge in [0.1, 0.15) is 0 Å². The topological polar surface area (TPSA) is 61.4 Å². The highest BCUT2D eigenvalue weighted by Crippen LogP contribution is 2.09. The SMILES string of the molecule is O=C(/C=C/c1cccs1)NCC(=O)N1CCNCC1. The van der Waals surface area contributed by atoms with E-state index in [9.17, 15) is 9.59 Å². The van der Waals surface area contributed by atoms with E-state index in [1.165, 1.54) is 6.08 Å². The second kappa shape index (κ2) is 7.06. The highest BCUT2D eigenvalue weighted by molar-refractivity contribution is 7.10. The van der Waals surface area contributed by atoms with Crippen LogP contribution in [0.5, 0.6) is 0 Å². The predicted molar refractivity (Wildman–Crippen MR) is 75.8 cm³/mol. The summed E-state index contributed by atoms with van der Waals surface area (Å²) in [5.74, 6) is -0.267. The lowest BCUT2D eigenvalue weighted by atomic mass is 10.3. The fourth-order valence-corrected chi connectivity index (χ4v) is 2.41. The van der Waals surface area contributed by atoms with Crippen molar-refractivity contribution in [1.82, 2.24) is 15.5 Å². The second-order valence-corrected chi connectivity index (χ2v) is 5.18. The van der Waals surface area contributed by atoms with Crippen LogP contribution in [0.1, 0.15) is 4.88 Å². The van der Waals surface area contributed by atoms with E-state index in [2.05, 4.69) is 10.6 Å². The van der Waals surface area contributed by atoms with Crippen LogP contribution in [0.15, 0.2) is 23.6 Å². The fraction of sp³-hybridized carbons (Fsp3) is 0.385. The lowest BCUT2D eigenvalue weighted by molar-refractivity contribution is -0.132. The zero-order valence-corrected chi connectivity index (χ0v) is 11.4. The second-order valence-electron chi connectivity index (χ2n) is 4.20. The number of rotatable bonds is 4. The third-order valence-corrected chi connectivity index (χ3v) is 3.66. The molecule has 0 bridgehead atoms. The molecule has 0 aromatic carbocycles. The van der Waals surface area contributed by atoms with Gasteiger partial charge in [0.15, 0.2) is 0 Å². The number of carbonyl (C=O) groups excluding carboxylic acids is 2. The maximum Gasteiger partial charge on any atom is 0.244 e. The molecule has 5 nitrogen and oxygen atoms in total. The van der Waals surface area contributed by atoms with Gasteiger partial charge >= 0.3 is 0 Å². The molecule has 0 radical (unpaired) electrons. The summed E-state index contributed by atoms with van der Waals surface area (Å²) in [6.07, 6.45) is 3.20. The summed E-state index contributed by atoms with van der Waals surface area (Å²) in [4.78, 5) is 26.1. The smallest absolute Gasteiger partial charge is 0.244 e. The Hall–Kier alpha value is -1.66. The van der Waals surface area contributed by atoms with Crippen LogP contribution in [0.4, 0.5) is 0 Å². The monoisotopic (exact) mass is 279 g/mol. The van der Waals surface area contributed by atoms with Gasteiger partial charge in [-0.3, -0.25) is 9.59 Å². The van der Waals surface area contributed by atoms with Crippen molar-refractivity contribution < 1.29 is 9.59 Å². The van der Waals surface area contributed by atoms with Crippen LogP contribution in [-0.4, -0.2) is 49.4 Å². The summed E-state index contributed by atoms with van der Waals surface area (Å²) in [6, 6.07) is 3.86. The maximum atomic E-state index is 11.8. The number of nitrogens with zero attached hydrogens (tertiary/aromatic N) is 1. The van der Waals surface area contributed by atoms with Gasteiger partial charge in [0.05, 0.1) is 6.54 Å². The van der Waals surface area contributed by atoms with Gasteiger partial charge in [0.2, 0.25) is 11.8 Å². The Morgan fingerprint density at radius 1 is 1.42 bits per heavy atom. The van der Waals surface area contributed by atoms with Crippen LogP contribution in [-0.2, 0) is 9.59 Å². The molecule has 1 aliphatic heterocycles. The summed E-state index contributed by atoms with van der Waals surface area (Å²) >= 11 is 1.56. The van der Waals surface area contributed by atoms with E-state index in [1.54, 1.807) is 22.3 Å². The first-order valence-corrected chi connectivity index (χ1v) is 7.11. The van der Waals surface area contributed by atoms with Gasteiger partial charge in [-0.1, -0.05) is 6.07 Å². The van der Waals surface area contributed by atoms with E-state index in [1.807, 2.05) is 17.5 Å². The number of hydrogen-bond donors (Lipinski definition) is 2. The van der Waals surface area contributed by atoms with Gasteiger partial charge in [-0.15, -0.1) is 11.3 Å². The molecule has 6 heteroatoms. The molecule has 19 heavy (non-hydrogen) atoms. The number of thiophene rings is 1. The Kier molecular flexibility index (Phi) is 5.11. The average Bonchev–Trinajstić information content (AvgIpc) is 2.96. The van der Waals surface area contributed by atoms with Crippen LogP contribution in [0.25, 0.3) is 6.08 Å². The Balaban J connectivity index is 1.72. The Morgan fingerprint density at radius 3 is 2.89 bits per heavy atom. The van der Waals surface area contributed by atoms with Crippen LogP contribution < -0.4 is 10.6 Å².